The Morgan fingerprint density at radius 1 is 1.13 bits per heavy atom. The number of hydrogen-bond donors (Lipinski definition) is 2. The number of fused-ring (bicyclic) bond motifs is 1. The number of hydrogen-bond acceptors (Lipinski definition) is 8. The minimum atomic E-state index is -0.314. The minimum absolute atomic E-state index is 0.208. The van der Waals surface area contributed by atoms with Crippen LogP contribution in [0.25, 0.3) is 10.9 Å². The Bertz CT molecular complexity index is 1100. The van der Waals surface area contributed by atoms with Gasteiger partial charge in [0.2, 0.25) is 5.88 Å². The molecule has 31 heavy (non-hydrogen) atoms. The summed E-state index contributed by atoms with van der Waals surface area (Å²) in [4.78, 5) is 28.4. The van der Waals surface area contributed by atoms with Gasteiger partial charge >= 0.3 is 6.01 Å². The standard InChI is InChI=1S/C22H26N6O3/c1-13-11-28(12-14(2)25-13)18-8-7-15(19-16(18)10-24-22(27-19)31-4)20(29)26-17-6-5-9-23-21(17)30-3/h5-10,13-14,25H,11-12H2,1-4H3,(H,26,29)/t13-,14+. The van der Waals surface area contributed by atoms with Crippen molar-refractivity contribution in [1.82, 2.24) is 20.3 Å². The van der Waals surface area contributed by atoms with Gasteiger partial charge in [-0.1, -0.05) is 0 Å². The van der Waals surface area contributed by atoms with E-state index in [2.05, 4.69) is 44.3 Å². The number of methoxy groups -OCH3 is 2. The molecule has 3 aromatic rings. The smallest absolute Gasteiger partial charge is 0.316 e. The lowest BCUT2D eigenvalue weighted by atomic mass is 10.0. The predicted molar refractivity (Wildman–Crippen MR) is 119 cm³/mol. The zero-order valence-corrected chi connectivity index (χ0v) is 18.0. The van der Waals surface area contributed by atoms with E-state index in [0.717, 1.165) is 24.2 Å². The molecule has 4 rings (SSSR count). The zero-order valence-electron chi connectivity index (χ0n) is 18.0. The van der Waals surface area contributed by atoms with Gasteiger partial charge < -0.3 is 25.0 Å². The quantitative estimate of drug-likeness (QED) is 0.647. The molecule has 1 fully saturated rings. The third-order valence-electron chi connectivity index (χ3n) is 5.24. The molecule has 2 aromatic heterocycles. The van der Waals surface area contributed by atoms with Gasteiger partial charge in [-0.15, -0.1) is 0 Å². The second kappa shape index (κ2) is 8.73. The van der Waals surface area contributed by atoms with Crippen molar-refractivity contribution in [3.63, 3.8) is 0 Å². The van der Waals surface area contributed by atoms with Crippen molar-refractivity contribution in [1.29, 1.82) is 0 Å². The molecule has 1 aliphatic heterocycles. The number of benzene rings is 1. The number of amides is 1. The van der Waals surface area contributed by atoms with Crippen LogP contribution in [-0.2, 0) is 0 Å². The lowest BCUT2D eigenvalue weighted by molar-refractivity contribution is 0.102. The zero-order chi connectivity index (χ0) is 22.0. The van der Waals surface area contributed by atoms with Crippen LogP contribution in [0.2, 0.25) is 0 Å². The molecule has 1 amide bonds. The fourth-order valence-electron chi connectivity index (χ4n) is 4.01. The third-order valence-corrected chi connectivity index (χ3v) is 5.24. The van der Waals surface area contributed by atoms with Crippen LogP contribution in [0.3, 0.4) is 0 Å². The summed E-state index contributed by atoms with van der Waals surface area (Å²) in [5.74, 6) is 0.0263. The molecular weight excluding hydrogens is 396 g/mol. The Kier molecular flexibility index (Phi) is 5.85. The van der Waals surface area contributed by atoms with Crippen molar-refractivity contribution < 1.29 is 14.3 Å². The molecule has 2 atom stereocenters. The molecule has 3 heterocycles. The molecule has 162 valence electrons. The van der Waals surface area contributed by atoms with Crippen LogP contribution in [-0.4, -0.2) is 60.3 Å². The summed E-state index contributed by atoms with van der Waals surface area (Å²) in [5, 5.41) is 7.21. The lowest BCUT2D eigenvalue weighted by Gasteiger charge is -2.38. The molecule has 0 aliphatic carbocycles. The number of piperazine rings is 1. The highest BCUT2D eigenvalue weighted by molar-refractivity contribution is 6.14. The monoisotopic (exact) mass is 422 g/mol. The molecule has 0 unspecified atom stereocenters. The van der Waals surface area contributed by atoms with E-state index in [9.17, 15) is 4.79 Å². The summed E-state index contributed by atoms with van der Waals surface area (Å²) < 4.78 is 10.5. The van der Waals surface area contributed by atoms with Gasteiger partial charge in [-0.3, -0.25) is 4.79 Å². The Morgan fingerprint density at radius 3 is 2.61 bits per heavy atom. The first-order valence-corrected chi connectivity index (χ1v) is 10.1. The fourth-order valence-corrected chi connectivity index (χ4v) is 4.01. The van der Waals surface area contributed by atoms with Crippen LogP contribution in [0.5, 0.6) is 11.9 Å². The molecule has 0 spiro atoms. The lowest BCUT2D eigenvalue weighted by Crippen LogP contribution is -2.54. The van der Waals surface area contributed by atoms with Crippen LogP contribution in [0.4, 0.5) is 11.4 Å². The Hall–Kier alpha value is -3.46. The average molecular weight is 422 g/mol. The third kappa shape index (κ3) is 4.22. The normalized spacial score (nSPS) is 18.6. The van der Waals surface area contributed by atoms with Gasteiger partial charge in [0.05, 0.1) is 25.3 Å². The van der Waals surface area contributed by atoms with E-state index in [1.807, 2.05) is 6.07 Å². The first kappa shape index (κ1) is 20.8. The number of aromatic nitrogens is 3. The van der Waals surface area contributed by atoms with Gasteiger partial charge in [0.1, 0.15) is 5.69 Å². The van der Waals surface area contributed by atoms with Crippen molar-refractivity contribution in [2.24, 2.45) is 0 Å². The number of anilines is 2. The van der Waals surface area contributed by atoms with Crippen LogP contribution >= 0.6 is 0 Å². The van der Waals surface area contributed by atoms with Crippen molar-refractivity contribution in [2.75, 3.05) is 37.5 Å². The molecule has 0 radical (unpaired) electrons. The Labute approximate surface area is 180 Å². The summed E-state index contributed by atoms with van der Waals surface area (Å²) in [7, 11) is 3.01. The Balaban J connectivity index is 1.76. The maximum absolute atomic E-state index is 13.2. The molecule has 1 aromatic carbocycles. The molecule has 9 nitrogen and oxygen atoms in total. The van der Waals surface area contributed by atoms with Crippen molar-refractivity contribution in [3.05, 3.63) is 42.2 Å². The van der Waals surface area contributed by atoms with Crippen LogP contribution in [0, 0.1) is 0 Å². The summed E-state index contributed by atoms with van der Waals surface area (Å²) in [6, 6.07) is 8.12. The maximum atomic E-state index is 13.2. The van der Waals surface area contributed by atoms with Crippen LogP contribution < -0.4 is 25.0 Å². The van der Waals surface area contributed by atoms with E-state index in [4.69, 9.17) is 9.47 Å². The minimum Gasteiger partial charge on any atom is -0.480 e. The molecular formula is C22H26N6O3. The number of ether oxygens (including phenoxy) is 2. The highest BCUT2D eigenvalue weighted by Gasteiger charge is 2.25. The fraction of sp³-hybridized carbons (Fsp3) is 0.364. The summed E-state index contributed by atoms with van der Waals surface area (Å²) in [6.45, 7) is 6.02. The van der Waals surface area contributed by atoms with Crippen LogP contribution in [0.15, 0.2) is 36.7 Å². The summed E-state index contributed by atoms with van der Waals surface area (Å²) in [5.41, 5.74) is 2.43. The van der Waals surface area contributed by atoms with E-state index in [0.29, 0.717) is 34.7 Å². The Morgan fingerprint density at radius 2 is 1.90 bits per heavy atom. The number of pyridine rings is 1. The van der Waals surface area contributed by atoms with Gasteiger partial charge in [0.25, 0.3) is 5.91 Å². The van der Waals surface area contributed by atoms with Crippen molar-refractivity contribution >= 4 is 28.2 Å². The van der Waals surface area contributed by atoms with E-state index in [-0.39, 0.29) is 11.9 Å². The second-order valence-electron chi connectivity index (χ2n) is 7.64. The first-order valence-electron chi connectivity index (χ1n) is 10.1. The molecule has 9 heteroatoms. The van der Waals surface area contributed by atoms with E-state index >= 15 is 0 Å². The molecule has 0 saturated carbocycles. The maximum Gasteiger partial charge on any atom is 0.316 e. The highest BCUT2D eigenvalue weighted by atomic mass is 16.5. The highest BCUT2D eigenvalue weighted by Crippen LogP contribution is 2.31. The topological polar surface area (TPSA) is 102 Å². The molecule has 1 aliphatic rings. The summed E-state index contributed by atoms with van der Waals surface area (Å²) >= 11 is 0. The van der Waals surface area contributed by atoms with Crippen molar-refractivity contribution in [2.45, 2.75) is 25.9 Å². The molecule has 2 N–H and O–H groups in total. The van der Waals surface area contributed by atoms with Gasteiger partial charge in [-0.2, -0.15) is 4.98 Å². The van der Waals surface area contributed by atoms with E-state index in [1.165, 1.54) is 14.2 Å². The number of rotatable bonds is 5. The van der Waals surface area contributed by atoms with Gasteiger partial charge in [0.15, 0.2) is 0 Å². The number of nitrogens with zero attached hydrogens (tertiary/aromatic N) is 4. The summed E-state index contributed by atoms with van der Waals surface area (Å²) in [6.07, 6.45) is 3.32. The van der Waals surface area contributed by atoms with Crippen LogP contribution in [0.1, 0.15) is 24.2 Å². The average Bonchev–Trinajstić information content (AvgIpc) is 2.77. The van der Waals surface area contributed by atoms with Gasteiger partial charge in [0, 0.05) is 48.6 Å². The van der Waals surface area contributed by atoms with Gasteiger partial charge in [-0.05, 0) is 38.1 Å². The molecule has 1 saturated heterocycles. The SMILES string of the molecule is COc1ncc2c(N3C[C@@H](C)N[C@@H](C)C3)ccc(C(=O)Nc3cccnc3OC)c2n1. The van der Waals surface area contributed by atoms with E-state index in [1.54, 1.807) is 30.6 Å². The number of carbonyl (C=O) groups is 1. The molecule has 0 bridgehead atoms. The predicted octanol–water partition coefficient (Wildman–Crippen LogP) is 2.48. The van der Waals surface area contributed by atoms with Gasteiger partial charge in [-0.25, -0.2) is 9.97 Å². The van der Waals surface area contributed by atoms with E-state index < -0.39 is 0 Å². The van der Waals surface area contributed by atoms with Crippen molar-refractivity contribution in [3.8, 4) is 11.9 Å². The largest absolute Gasteiger partial charge is 0.480 e. The number of carbonyl (C=O) groups excluding carboxylic acids is 1. The number of nitrogens with one attached hydrogen (secondary N) is 2. The first-order chi connectivity index (χ1) is 15.0. The second-order valence-corrected chi connectivity index (χ2v) is 7.64.